The van der Waals surface area contributed by atoms with Gasteiger partial charge >= 0.3 is 0 Å². The summed E-state index contributed by atoms with van der Waals surface area (Å²) in [7, 11) is 1.69. The zero-order valence-corrected chi connectivity index (χ0v) is 15.7. The second kappa shape index (κ2) is 6.42. The standard InChI is InChI=1S/C18H17N5OS.ClH/c1-24-12-3-2-10-4-15(25-14(10)5-12)13-8-23(11-6-20-7-11)18-16(13)17(19)21-9-22-18;/h2-5,8-9,11,20H,6-7H2,1H3,(H2,19,21,22);1H. The van der Waals surface area contributed by atoms with Crippen LogP contribution in [0, 0.1) is 0 Å². The van der Waals surface area contributed by atoms with Gasteiger partial charge in [-0.25, -0.2) is 9.97 Å². The van der Waals surface area contributed by atoms with Crippen molar-refractivity contribution in [3.8, 4) is 16.2 Å². The van der Waals surface area contributed by atoms with E-state index in [1.807, 2.05) is 6.07 Å². The van der Waals surface area contributed by atoms with Crippen molar-refractivity contribution in [2.75, 3.05) is 25.9 Å². The molecule has 26 heavy (non-hydrogen) atoms. The van der Waals surface area contributed by atoms with Crippen LogP contribution < -0.4 is 15.8 Å². The largest absolute Gasteiger partial charge is 0.497 e. The number of benzene rings is 1. The van der Waals surface area contributed by atoms with Crippen molar-refractivity contribution < 1.29 is 4.74 Å². The molecule has 0 unspecified atom stereocenters. The first kappa shape index (κ1) is 17.1. The number of aromatic nitrogens is 3. The molecule has 0 bridgehead atoms. The van der Waals surface area contributed by atoms with Gasteiger partial charge in [0.2, 0.25) is 0 Å². The minimum Gasteiger partial charge on any atom is -0.497 e. The molecule has 5 rings (SSSR count). The fraction of sp³-hybridized carbons (Fsp3) is 0.222. The van der Waals surface area contributed by atoms with Crippen LogP contribution in [0.4, 0.5) is 5.82 Å². The molecule has 1 aliphatic rings. The number of nitrogens with one attached hydrogen (secondary N) is 1. The lowest BCUT2D eigenvalue weighted by atomic mass is 10.1. The highest BCUT2D eigenvalue weighted by Crippen LogP contribution is 2.41. The number of nitrogens with two attached hydrogens (primary N) is 1. The Labute approximate surface area is 160 Å². The summed E-state index contributed by atoms with van der Waals surface area (Å²) in [4.78, 5) is 9.88. The molecule has 0 amide bonds. The molecular weight excluding hydrogens is 370 g/mol. The highest BCUT2D eigenvalue weighted by molar-refractivity contribution is 7.22. The van der Waals surface area contributed by atoms with E-state index in [0.717, 1.165) is 35.4 Å². The molecule has 4 aromatic rings. The van der Waals surface area contributed by atoms with Gasteiger partial charge in [0.15, 0.2) is 0 Å². The minimum absolute atomic E-state index is 0. The number of rotatable bonds is 3. The van der Waals surface area contributed by atoms with Gasteiger partial charge in [0.1, 0.15) is 23.5 Å². The van der Waals surface area contributed by atoms with E-state index in [2.05, 4.69) is 44.2 Å². The first-order chi connectivity index (χ1) is 12.2. The molecule has 1 saturated heterocycles. The van der Waals surface area contributed by atoms with Crippen molar-refractivity contribution in [3.63, 3.8) is 0 Å². The van der Waals surface area contributed by atoms with Crippen LogP contribution in [0.1, 0.15) is 6.04 Å². The Kier molecular flexibility index (Phi) is 4.22. The van der Waals surface area contributed by atoms with Crippen molar-refractivity contribution in [1.82, 2.24) is 19.9 Å². The lowest BCUT2D eigenvalue weighted by molar-refractivity contribution is 0.350. The molecule has 1 aromatic carbocycles. The molecule has 6 nitrogen and oxygen atoms in total. The van der Waals surface area contributed by atoms with Crippen LogP contribution in [0.2, 0.25) is 0 Å². The Balaban J connectivity index is 0.00000168. The van der Waals surface area contributed by atoms with Crippen LogP contribution >= 0.6 is 23.7 Å². The Bertz CT molecular complexity index is 1100. The monoisotopic (exact) mass is 387 g/mol. The summed E-state index contributed by atoms with van der Waals surface area (Å²) in [5, 5.41) is 5.45. The van der Waals surface area contributed by atoms with Gasteiger partial charge in [-0.05, 0) is 29.7 Å². The van der Waals surface area contributed by atoms with Crippen molar-refractivity contribution in [3.05, 3.63) is 36.8 Å². The van der Waals surface area contributed by atoms with E-state index in [1.165, 1.54) is 15.0 Å². The summed E-state index contributed by atoms with van der Waals surface area (Å²) >= 11 is 1.73. The molecule has 0 atom stereocenters. The van der Waals surface area contributed by atoms with Gasteiger partial charge in [0.05, 0.1) is 18.5 Å². The predicted octanol–water partition coefficient (Wildman–Crippen LogP) is 3.47. The Morgan fingerprint density at radius 2 is 2.12 bits per heavy atom. The maximum atomic E-state index is 6.21. The van der Waals surface area contributed by atoms with Gasteiger partial charge in [-0.3, -0.25) is 0 Å². The Morgan fingerprint density at radius 3 is 2.85 bits per heavy atom. The van der Waals surface area contributed by atoms with Crippen LogP contribution in [-0.2, 0) is 0 Å². The average Bonchev–Trinajstić information content (AvgIpc) is 3.15. The third-order valence-corrected chi connectivity index (χ3v) is 5.92. The number of methoxy groups -OCH3 is 1. The number of halogens is 1. The zero-order chi connectivity index (χ0) is 17.0. The van der Waals surface area contributed by atoms with E-state index in [9.17, 15) is 0 Å². The van der Waals surface area contributed by atoms with Gasteiger partial charge in [0.25, 0.3) is 0 Å². The lowest BCUT2D eigenvalue weighted by Crippen LogP contribution is -2.43. The second-order valence-electron chi connectivity index (χ2n) is 6.23. The molecule has 0 aliphatic carbocycles. The smallest absolute Gasteiger partial charge is 0.146 e. The maximum absolute atomic E-state index is 6.21. The molecule has 0 saturated carbocycles. The van der Waals surface area contributed by atoms with Crippen molar-refractivity contribution >= 4 is 50.7 Å². The van der Waals surface area contributed by atoms with Gasteiger partial charge < -0.3 is 20.4 Å². The number of anilines is 1. The number of thiophene rings is 1. The van der Waals surface area contributed by atoms with E-state index in [0.29, 0.717) is 11.9 Å². The van der Waals surface area contributed by atoms with Crippen LogP contribution in [0.15, 0.2) is 36.8 Å². The topological polar surface area (TPSA) is 78.0 Å². The van der Waals surface area contributed by atoms with Gasteiger partial charge in [-0.15, -0.1) is 23.7 Å². The molecule has 3 aromatic heterocycles. The van der Waals surface area contributed by atoms with Gasteiger partial charge in [-0.1, -0.05) is 0 Å². The van der Waals surface area contributed by atoms with E-state index in [1.54, 1.807) is 24.8 Å². The number of hydrogen-bond acceptors (Lipinski definition) is 6. The number of nitrogen functional groups attached to an aromatic ring is 1. The maximum Gasteiger partial charge on any atom is 0.146 e. The summed E-state index contributed by atoms with van der Waals surface area (Å²) in [6, 6.07) is 8.76. The first-order valence-electron chi connectivity index (χ1n) is 8.14. The lowest BCUT2D eigenvalue weighted by Gasteiger charge is -2.28. The van der Waals surface area contributed by atoms with Crippen molar-refractivity contribution in [2.24, 2.45) is 0 Å². The molecule has 1 fully saturated rings. The van der Waals surface area contributed by atoms with Gasteiger partial charge in [0, 0.05) is 34.4 Å². The molecule has 3 N–H and O–H groups in total. The summed E-state index contributed by atoms with van der Waals surface area (Å²) in [5.41, 5.74) is 8.22. The Hall–Kier alpha value is -2.35. The fourth-order valence-electron chi connectivity index (χ4n) is 3.31. The van der Waals surface area contributed by atoms with Crippen LogP contribution in [0.5, 0.6) is 5.75 Å². The van der Waals surface area contributed by atoms with Crippen molar-refractivity contribution in [1.29, 1.82) is 0 Å². The van der Waals surface area contributed by atoms with Crippen LogP contribution in [-0.4, -0.2) is 34.7 Å². The summed E-state index contributed by atoms with van der Waals surface area (Å²) in [6.45, 7) is 1.91. The van der Waals surface area contributed by atoms with E-state index < -0.39 is 0 Å². The Morgan fingerprint density at radius 1 is 1.27 bits per heavy atom. The molecule has 1 aliphatic heterocycles. The highest BCUT2D eigenvalue weighted by Gasteiger charge is 2.24. The fourth-order valence-corrected chi connectivity index (χ4v) is 4.42. The molecular formula is C18H18ClN5OS. The molecule has 4 heterocycles. The average molecular weight is 388 g/mol. The van der Waals surface area contributed by atoms with Gasteiger partial charge in [-0.2, -0.15) is 0 Å². The second-order valence-corrected chi connectivity index (χ2v) is 7.32. The number of ether oxygens (including phenoxy) is 1. The number of nitrogens with zero attached hydrogens (tertiary/aromatic N) is 3. The van der Waals surface area contributed by atoms with E-state index in [4.69, 9.17) is 10.5 Å². The van der Waals surface area contributed by atoms with Crippen LogP contribution in [0.3, 0.4) is 0 Å². The normalized spacial score (nSPS) is 14.3. The quantitative estimate of drug-likeness (QED) is 0.562. The summed E-state index contributed by atoms with van der Waals surface area (Å²) in [6.07, 6.45) is 3.71. The highest BCUT2D eigenvalue weighted by atomic mass is 35.5. The van der Waals surface area contributed by atoms with Crippen molar-refractivity contribution in [2.45, 2.75) is 6.04 Å². The van der Waals surface area contributed by atoms with E-state index >= 15 is 0 Å². The summed E-state index contributed by atoms with van der Waals surface area (Å²) < 4.78 is 8.76. The molecule has 8 heteroatoms. The number of fused-ring (bicyclic) bond motifs is 2. The number of hydrogen-bond donors (Lipinski definition) is 2. The predicted molar refractivity (Wildman–Crippen MR) is 108 cm³/mol. The zero-order valence-electron chi connectivity index (χ0n) is 14.1. The van der Waals surface area contributed by atoms with E-state index in [-0.39, 0.29) is 12.4 Å². The van der Waals surface area contributed by atoms with Crippen LogP contribution in [0.25, 0.3) is 31.6 Å². The third-order valence-electron chi connectivity index (χ3n) is 4.78. The summed E-state index contributed by atoms with van der Waals surface area (Å²) in [5.74, 6) is 1.40. The third kappa shape index (κ3) is 2.51. The molecule has 134 valence electrons. The molecule has 0 radical (unpaired) electrons. The molecule has 0 spiro atoms. The SMILES string of the molecule is COc1ccc2cc(-c3cn(C4CNC4)c4ncnc(N)c34)sc2c1.Cl. The first-order valence-corrected chi connectivity index (χ1v) is 8.96. The minimum atomic E-state index is 0.